The van der Waals surface area contributed by atoms with Crippen LogP contribution in [0.2, 0.25) is 0 Å². The van der Waals surface area contributed by atoms with Gasteiger partial charge in [-0.25, -0.2) is 9.67 Å². The van der Waals surface area contributed by atoms with E-state index in [0.29, 0.717) is 5.92 Å². The Bertz CT molecular complexity index is 1490. The highest BCUT2D eigenvalue weighted by Crippen LogP contribution is 2.40. The van der Waals surface area contributed by atoms with Gasteiger partial charge in [-0.2, -0.15) is 0 Å². The lowest BCUT2D eigenvalue weighted by Crippen LogP contribution is -2.50. The minimum absolute atomic E-state index is 0.0909. The topological polar surface area (TPSA) is 134 Å². The van der Waals surface area contributed by atoms with Gasteiger partial charge in [-0.15, -0.1) is 16.4 Å². The standard InChI is InChI=1S/C32H43N7O4S/c1-19-28(44-18-35-19)21-7-8-22(27(13-21)43-24-9-11-33-12-10-24)15-34-30(41)26-14-23(40)16-38(26)31(42)29(32(2,3)4)39-17-25(36-37-39)20-5-6-20/h7-8,13,17-18,20,23-24,26,29,33,40H,5-6,9-12,14-16H2,1-4H3,(H,34,41)/t23-,26+,29-/m1/s1. The molecule has 2 saturated heterocycles. The van der Waals surface area contributed by atoms with E-state index in [-0.39, 0.29) is 37.4 Å². The van der Waals surface area contributed by atoms with Gasteiger partial charge in [-0.1, -0.05) is 38.1 Å². The normalized spacial score (nSPS) is 21.8. The van der Waals surface area contributed by atoms with Crippen LogP contribution in [0.5, 0.6) is 5.75 Å². The van der Waals surface area contributed by atoms with E-state index < -0.39 is 23.6 Å². The van der Waals surface area contributed by atoms with Crippen molar-refractivity contribution in [3.8, 4) is 16.2 Å². The van der Waals surface area contributed by atoms with Gasteiger partial charge in [0.2, 0.25) is 11.8 Å². The first-order valence-electron chi connectivity index (χ1n) is 15.7. The molecule has 3 atom stereocenters. The second kappa shape index (κ2) is 12.6. The average molecular weight is 622 g/mol. The fourth-order valence-electron chi connectivity index (χ4n) is 6.25. The van der Waals surface area contributed by atoms with Gasteiger partial charge in [-0.05, 0) is 62.7 Å². The predicted octanol–water partition coefficient (Wildman–Crippen LogP) is 3.58. The largest absolute Gasteiger partial charge is 0.490 e. The van der Waals surface area contributed by atoms with Crippen LogP contribution in [0.3, 0.4) is 0 Å². The number of nitrogens with zero attached hydrogens (tertiary/aromatic N) is 5. The van der Waals surface area contributed by atoms with Gasteiger partial charge in [0.15, 0.2) is 0 Å². The molecule has 11 nitrogen and oxygen atoms in total. The van der Waals surface area contributed by atoms with E-state index in [0.717, 1.165) is 71.9 Å². The molecule has 1 aliphatic carbocycles. The Morgan fingerprint density at radius 1 is 1.20 bits per heavy atom. The van der Waals surface area contributed by atoms with Gasteiger partial charge >= 0.3 is 0 Å². The fourth-order valence-corrected chi connectivity index (χ4v) is 7.05. The highest BCUT2D eigenvalue weighted by molar-refractivity contribution is 7.13. The second-order valence-corrected chi connectivity index (χ2v) is 14.3. The number of ether oxygens (including phenoxy) is 1. The van der Waals surface area contributed by atoms with Crippen molar-refractivity contribution in [3.63, 3.8) is 0 Å². The van der Waals surface area contributed by atoms with Gasteiger partial charge in [0, 0.05) is 37.2 Å². The molecular weight excluding hydrogens is 578 g/mol. The Morgan fingerprint density at radius 2 is 1.98 bits per heavy atom. The Hall–Kier alpha value is -3.35. The van der Waals surface area contributed by atoms with Crippen LogP contribution in [-0.2, 0) is 16.1 Å². The first-order chi connectivity index (χ1) is 21.1. The number of aromatic nitrogens is 4. The molecule has 3 aromatic rings. The highest BCUT2D eigenvalue weighted by Gasteiger charge is 2.45. The molecule has 3 aliphatic rings. The second-order valence-electron chi connectivity index (χ2n) is 13.4. The lowest BCUT2D eigenvalue weighted by Gasteiger charge is -2.34. The van der Waals surface area contributed by atoms with Crippen LogP contribution in [0, 0.1) is 12.3 Å². The Kier molecular flexibility index (Phi) is 8.76. The lowest BCUT2D eigenvalue weighted by molar-refractivity contribution is -0.144. The molecule has 3 fully saturated rings. The first kappa shape index (κ1) is 30.7. The van der Waals surface area contributed by atoms with Crippen molar-refractivity contribution in [1.82, 2.24) is 35.5 Å². The van der Waals surface area contributed by atoms with Gasteiger partial charge in [-0.3, -0.25) is 9.59 Å². The Morgan fingerprint density at radius 3 is 2.66 bits per heavy atom. The minimum atomic E-state index is -0.790. The molecule has 236 valence electrons. The number of hydrogen-bond acceptors (Lipinski definition) is 9. The molecule has 44 heavy (non-hydrogen) atoms. The molecule has 6 rings (SSSR count). The number of hydrogen-bond donors (Lipinski definition) is 3. The van der Waals surface area contributed by atoms with E-state index >= 15 is 0 Å². The van der Waals surface area contributed by atoms with E-state index in [4.69, 9.17) is 4.74 Å². The van der Waals surface area contributed by atoms with Crippen LogP contribution >= 0.6 is 11.3 Å². The number of aliphatic hydroxyl groups excluding tert-OH is 1. The van der Waals surface area contributed by atoms with Crippen molar-refractivity contribution in [2.75, 3.05) is 19.6 Å². The zero-order valence-corrected chi connectivity index (χ0v) is 26.8. The van der Waals surface area contributed by atoms with Crippen molar-refractivity contribution < 1.29 is 19.4 Å². The van der Waals surface area contributed by atoms with Crippen LogP contribution in [0.1, 0.15) is 81.8 Å². The number of aliphatic hydroxyl groups is 1. The minimum Gasteiger partial charge on any atom is -0.490 e. The van der Waals surface area contributed by atoms with E-state index in [2.05, 4.69) is 25.9 Å². The number of amides is 2. The van der Waals surface area contributed by atoms with Crippen molar-refractivity contribution in [2.24, 2.45) is 5.41 Å². The maximum atomic E-state index is 14.1. The van der Waals surface area contributed by atoms with Crippen molar-refractivity contribution in [1.29, 1.82) is 0 Å². The van der Waals surface area contributed by atoms with Gasteiger partial charge in [0.25, 0.3) is 0 Å². The van der Waals surface area contributed by atoms with Gasteiger partial charge in [0.1, 0.15) is 23.9 Å². The quantitative estimate of drug-likeness (QED) is 0.330. The summed E-state index contributed by atoms with van der Waals surface area (Å²) in [5.41, 5.74) is 5.12. The number of carbonyl (C=O) groups excluding carboxylic acids is 2. The fraction of sp³-hybridized carbons (Fsp3) is 0.594. The summed E-state index contributed by atoms with van der Waals surface area (Å²) in [5.74, 6) is 0.623. The molecule has 1 aromatic carbocycles. The third-order valence-corrected chi connectivity index (χ3v) is 9.79. The van der Waals surface area contributed by atoms with E-state index in [9.17, 15) is 14.7 Å². The molecular formula is C32H43N7O4S. The van der Waals surface area contributed by atoms with E-state index in [1.807, 2.05) is 57.6 Å². The van der Waals surface area contributed by atoms with E-state index in [1.54, 1.807) is 16.0 Å². The first-order valence-corrected chi connectivity index (χ1v) is 16.5. The molecule has 1 saturated carbocycles. The molecule has 0 bridgehead atoms. The number of thiazole rings is 1. The predicted molar refractivity (Wildman–Crippen MR) is 167 cm³/mol. The summed E-state index contributed by atoms with van der Waals surface area (Å²) in [6.07, 6.45) is 5.36. The van der Waals surface area contributed by atoms with Crippen LogP contribution in [0.4, 0.5) is 0 Å². The molecule has 2 aromatic heterocycles. The molecule has 3 N–H and O–H groups in total. The van der Waals surface area contributed by atoms with Crippen LogP contribution in [0.15, 0.2) is 29.9 Å². The number of nitrogens with one attached hydrogen (secondary N) is 2. The number of piperidine rings is 1. The Balaban J connectivity index is 1.19. The van der Waals surface area contributed by atoms with Crippen molar-refractivity contribution in [3.05, 3.63) is 46.9 Å². The molecule has 0 radical (unpaired) electrons. The zero-order valence-electron chi connectivity index (χ0n) is 26.0. The maximum Gasteiger partial charge on any atom is 0.248 e. The SMILES string of the molecule is Cc1ncsc1-c1ccc(CNC(=O)[C@@H]2C[C@@H](O)CN2C(=O)[C@@H](n2cc(C3CC3)nn2)C(C)(C)C)c(OC2CCNCC2)c1. The molecule has 0 unspecified atom stereocenters. The number of benzene rings is 1. The zero-order chi connectivity index (χ0) is 31.0. The molecule has 2 aliphatic heterocycles. The molecule has 2 amide bonds. The summed E-state index contributed by atoms with van der Waals surface area (Å²) in [7, 11) is 0. The van der Waals surface area contributed by atoms with Gasteiger partial charge in [0.05, 0.1) is 27.9 Å². The van der Waals surface area contributed by atoms with Crippen molar-refractivity contribution >= 4 is 23.2 Å². The molecule has 12 heteroatoms. The third-order valence-electron chi connectivity index (χ3n) is 8.81. The van der Waals surface area contributed by atoms with Crippen LogP contribution in [0.25, 0.3) is 10.4 Å². The summed E-state index contributed by atoms with van der Waals surface area (Å²) in [5, 5.41) is 25.7. The lowest BCUT2D eigenvalue weighted by atomic mass is 9.85. The monoisotopic (exact) mass is 621 g/mol. The smallest absolute Gasteiger partial charge is 0.248 e. The summed E-state index contributed by atoms with van der Waals surface area (Å²) < 4.78 is 8.16. The summed E-state index contributed by atoms with van der Waals surface area (Å²) in [4.78, 5) is 34.8. The highest BCUT2D eigenvalue weighted by atomic mass is 32.1. The van der Waals surface area contributed by atoms with E-state index in [1.165, 1.54) is 4.90 Å². The van der Waals surface area contributed by atoms with Crippen LogP contribution < -0.4 is 15.4 Å². The summed E-state index contributed by atoms with van der Waals surface area (Å²) >= 11 is 1.59. The summed E-state index contributed by atoms with van der Waals surface area (Å²) in [6.45, 7) is 10.1. The number of likely N-dealkylation sites (tertiary alicyclic amines) is 1. The maximum absolute atomic E-state index is 14.1. The molecule has 4 heterocycles. The number of β-amino-alcohol motifs (C(OH)–C–C–N with tert-alkyl or cyclic N) is 1. The number of carbonyl (C=O) groups is 2. The van der Waals surface area contributed by atoms with Crippen molar-refractivity contribution in [2.45, 2.75) is 96.6 Å². The van der Waals surface area contributed by atoms with Gasteiger partial charge < -0.3 is 25.4 Å². The average Bonchev–Trinajstić information content (AvgIpc) is 3.35. The number of rotatable bonds is 9. The summed E-state index contributed by atoms with van der Waals surface area (Å²) in [6, 6.07) is 4.63. The van der Waals surface area contributed by atoms with Crippen LogP contribution in [-0.4, -0.2) is 79.7 Å². The third kappa shape index (κ3) is 6.67. The molecule has 0 spiro atoms. The number of aryl methyl sites for hydroxylation is 1. The Labute approximate surface area is 262 Å².